The molecule has 21 heavy (non-hydrogen) atoms. The summed E-state index contributed by atoms with van der Waals surface area (Å²) in [5, 5.41) is 2.83. The van der Waals surface area contributed by atoms with E-state index in [9.17, 15) is 14.0 Å². The molecule has 0 aromatic heterocycles. The van der Waals surface area contributed by atoms with Gasteiger partial charge in [0.2, 0.25) is 0 Å². The fourth-order valence-corrected chi connectivity index (χ4v) is 2.74. The van der Waals surface area contributed by atoms with Crippen LogP contribution >= 0.6 is 15.9 Å². The molecule has 1 aromatic rings. The Hall–Kier alpha value is -1.43. The van der Waals surface area contributed by atoms with Gasteiger partial charge >= 0.3 is 5.97 Å². The number of hydrogen-bond acceptors (Lipinski definition) is 3. The summed E-state index contributed by atoms with van der Waals surface area (Å²) in [6.07, 6.45) is 5.32. The maximum atomic E-state index is 13.5. The molecule has 1 N–H and O–H groups in total. The van der Waals surface area contributed by atoms with Crippen LogP contribution in [-0.2, 0) is 9.53 Å². The molecule has 1 aliphatic carbocycles. The molecule has 0 unspecified atom stereocenters. The molecular weight excluding hydrogens is 341 g/mol. The second kappa shape index (κ2) is 7.54. The average molecular weight is 358 g/mol. The molecule has 2 rings (SSSR count). The summed E-state index contributed by atoms with van der Waals surface area (Å²) in [4.78, 5) is 23.5. The molecule has 1 fully saturated rings. The summed E-state index contributed by atoms with van der Waals surface area (Å²) in [5.74, 6) is -1.85. The monoisotopic (exact) mass is 357 g/mol. The van der Waals surface area contributed by atoms with E-state index in [2.05, 4.69) is 21.2 Å². The van der Waals surface area contributed by atoms with Gasteiger partial charge in [-0.1, -0.05) is 35.2 Å². The van der Waals surface area contributed by atoms with E-state index in [1.807, 2.05) is 0 Å². The highest BCUT2D eigenvalue weighted by atomic mass is 79.9. The average Bonchev–Trinajstić information content (AvgIpc) is 2.48. The van der Waals surface area contributed by atoms with Gasteiger partial charge in [0.05, 0.1) is 5.56 Å². The molecule has 0 bridgehead atoms. The van der Waals surface area contributed by atoms with Crippen LogP contribution in [0.1, 0.15) is 42.5 Å². The van der Waals surface area contributed by atoms with Crippen molar-refractivity contribution < 1.29 is 18.7 Å². The van der Waals surface area contributed by atoms with E-state index in [4.69, 9.17) is 4.74 Å². The van der Waals surface area contributed by atoms with E-state index in [0.29, 0.717) is 4.47 Å². The van der Waals surface area contributed by atoms with Crippen LogP contribution in [0.2, 0.25) is 0 Å². The van der Waals surface area contributed by atoms with Crippen molar-refractivity contribution in [1.29, 1.82) is 0 Å². The second-order valence-corrected chi connectivity index (χ2v) is 6.02. The number of amides is 1. The van der Waals surface area contributed by atoms with Crippen LogP contribution < -0.4 is 5.32 Å². The summed E-state index contributed by atoms with van der Waals surface area (Å²) >= 11 is 3.16. The minimum atomic E-state index is -0.840. The molecule has 0 radical (unpaired) electrons. The summed E-state index contributed by atoms with van der Waals surface area (Å²) in [6.45, 7) is -0.388. The zero-order chi connectivity index (χ0) is 15.2. The Balaban J connectivity index is 1.82. The summed E-state index contributed by atoms with van der Waals surface area (Å²) < 4.78 is 18.9. The number of rotatable bonds is 4. The number of carbonyl (C=O) groups excluding carboxylic acids is 2. The Morgan fingerprint density at radius 3 is 2.71 bits per heavy atom. The first-order chi connectivity index (χ1) is 10.1. The lowest BCUT2D eigenvalue weighted by molar-refractivity contribution is -0.125. The first-order valence-corrected chi connectivity index (χ1v) is 7.77. The molecule has 6 heteroatoms. The molecule has 1 aliphatic rings. The Kier molecular flexibility index (Phi) is 5.73. The van der Waals surface area contributed by atoms with Crippen molar-refractivity contribution in [2.24, 2.45) is 0 Å². The minimum Gasteiger partial charge on any atom is -0.452 e. The van der Waals surface area contributed by atoms with Gasteiger partial charge in [0.15, 0.2) is 6.61 Å². The van der Waals surface area contributed by atoms with E-state index in [1.54, 1.807) is 0 Å². The Labute approximate surface area is 131 Å². The van der Waals surface area contributed by atoms with Crippen molar-refractivity contribution in [3.63, 3.8) is 0 Å². The van der Waals surface area contributed by atoms with Gasteiger partial charge in [-0.15, -0.1) is 0 Å². The predicted octanol–water partition coefficient (Wildman–Crippen LogP) is 3.19. The van der Waals surface area contributed by atoms with Crippen LogP contribution in [0.4, 0.5) is 4.39 Å². The molecule has 0 heterocycles. The summed E-state index contributed by atoms with van der Waals surface area (Å²) in [5.41, 5.74) is -0.185. The highest BCUT2D eigenvalue weighted by Crippen LogP contribution is 2.18. The van der Waals surface area contributed by atoms with Gasteiger partial charge in [-0.05, 0) is 31.0 Å². The van der Waals surface area contributed by atoms with Crippen molar-refractivity contribution in [2.45, 2.75) is 38.1 Å². The molecular formula is C15H17BrFNO3. The van der Waals surface area contributed by atoms with Gasteiger partial charge in [-0.25, -0.2) is 9.18 Å². The predicted molar refractivity (Wildman–Crippen MR) is 79.4 cm³/mol. The van der Waals surface area contributed by atoms with E-state index in [-0.39, 0.29) is 24.1 Å². The molecule has 1 saturated carbocycles. The summed E-state index contributed by atoms with van der Waals surface area (Å²) in [6, 6.07) is 4.15. The molecule has 0 aliphatic heterocycles. The van der Waals surface area contributed by atoms with Crippen LogP contribution in [0.15, 0.2) is 22.7 Å². The normalized spacial score (nSPS) is 15.5. The molecule has 114 valence electrons. The highest BCUT2D eigenvalue weighted by molar-refractivity contribution is 9.10. The Morgan fingerprint density at radius 2 is 2.00 bits per heavy atom. The fraction of sp³-hybridized carbons (Fsp3) is 0.467. The van der Waals surface area contributed by atoms with Crippen LogP contribution in [0, 0.1) is 5.82 Å². The number of ether oxygens (including phenoxy) is 1. The van der Waals surface area contributed by atoms with Gasteiger partial charge in [-0.3, -0.25) is 4.79 Å². The van der Waals surface area contributed by atoms with E-state index < -0.39 is 11.8 Å². The lowest BCUT2D eigenvalue weighted by atomic mass is 9.95. The number of carbonyl (C=O) groups is 2. The summed E-state index contributed by atoms with van der Waals surface area (Å²) in [7, 11) is 0. The largest absolute Gasteiger partial charge is 0.452 e. The third-order valence-corrected chi connectivity index (χ3v) is 3.95. The SMILES string of the molecule is O=C(COC(=O)c1cc(Br)ccc1F)NC1CCCCC1. The smallest absolute Gasteiger partial charge is 0.341 e. The van der Waals surface area contributed by atoms with Gasteiger partial charge < -0.3 is 10.1 Å². The topological polar surface area (TPSA) is 55.4 Å². The van der Waals surface area contributed by atoms with Gasteiger partial charge in [0.25, 0.3) is 5.91 Å². The van der Waals surface area contributed by atoms with E-state index >= 15 is 0 Å². The zero-order valence-corrected chi connectivity index (χ0v) is 13.1. The maximum Gasteiger partial charge on any atom is 0.341 e. The van der Waals surface area contributed by atoms with Crippen LogP contribution in [0.5, 0.6) is 0 Å². The van der Waals surface area contributed by atoms with Gasteiger partial charge in [0.1, 0.15) is 5.82 Å². The third kappa shape index (κ3) is 4.81. The molecule has 1 aromatic carbocycles. The quantitative estimate of drug-likeness (QED) is 0.841. The van der Waals surface area contributed by atoms with Crippen LogP contribution in [0.3, 0.4) is 0 Å². The number of benzene rings is 1. The molecule has 1 amide bonds. The molecule has 4 nitrogen and oxygen atoms in total. The number of hydrogen-bond donors (Lipinski definition) is 1. The number of esters is 1. The first-order valence-electron chi connectivity index (χ1n) is 6.98. The van der Waals surface area contributed by atoms with Crippen molar-refractivity contribution in [3.8, 4) is 0 Å². The van der Waals surface area contributed by atoms with Crippen molar-refractivity contribution in [2.75, 3.05) is 6.61 Å². The molecule has 0 saturated heterocycles. The van der Waals surface area contributed by atoms with Crippen molar-refractivity contribution in [3.05, 3.63) is 34.1 Å². The fourth-order valence-electron chi connectivity index (χ4n) is 2.38. The lowest BCUT2D eigenvalue weighted by Crippen LogP contribution is -2.38. The van der Waals surface area contributed by atoms with Gasteiger partial charge in [0, 0.05) is 10.5 Å². The van der Waals surface area contributed by atoms with Crippen LogP contribution in [0.25, 0.3) is 0 Å². The lowest BCUT2D eigenvalue weighted by Gasteiger charge is -2.22. The maximum absolute atomic E-state index is 13.5. The van der Waals surface area contributed by atoms with Crippen LogP contribution in [-0.4, -0.2) is 24.5 Å². The van der Waals surface area contributed by atoms with E-state index in [0.717, 1.165) is 25.7 Å². The number of nitrogens with one attached hydrogen (secondary N) is 1. The third-order valence-electron chi connectivity index (χ3n) is 3.45. The molecule has 0 spiro atoms. The minimum absolute atomic E-state index is 0.160. The number of halogens is 2. The van der Waals surface area contributed by atoms with Gasteiger partial charge in [-0.2, -0.15) is 0 Å². The van der Waals surface area contributed by atoms with Crippen molar-refractivity contribution >= 4 is 27.8 Å². The zero-order valence-electron chi connectivity index (χ0n) is 11.5. The highest BCUT2D eigenvalue weighted by Gasteiger charge is 2.18. The molecule has 0 atom stereocenters. The van der Waals surface area contributed by atoms with E-state index in [1.165, 1.54) is 24.6 Å². The Morgan fingerprint density at radius 1 is 1.29 bits per heavy atom. The Bertz CT molecular complexity index is 530. The first kappa shape index (κ1) is 15.9. The standard InChI is InChI=1S/C15H17BrFNO3/c16-10-6-7-13(17)12(8-10)15(20)21-9-14(19)18-11-4-2-1-3-5-11/h6-8,11H,1-5,9H2,(H,18,19). The second-order valence-electron chi connectivity index (χ2n) is 5.10. The van der Waals surface area contributed by atoms with Crippen molar-refractivity contribution in [1.82, 2.24) is 5.32 Å².